The first-order valence-corrected chi connectivity index (χ1v) is 11.7. The van der Waals surface area contributed by atoms with Gasteiger partial charge in [-0.2, -0.15) is 15.0 Å². The van der Waals surface area contributed by atoms with Gasteiger partial charge in [-0.05, 0) is 44.5 Å². The first-order chi connectivity index (χ1) is 18.0. The number of esters is 1. The highest BCUT2D eigenvalue weighted by molar-refractivity contribution is 5.95. The maximum absolute atomic E-state index is 12.8. The number of aromatic nitrogens is 5. The number of para-hydroxylation sites is 1. The Kier molecular flexibility index (Phi) is 6.31. The van der Waals surface area contributed by atoms with Crippen LogP contribution in [-0.4, -0.2) is 37.3 Å². The van der Waals surface area contributed by atoms with Crippen LogP contribution in [-0.2, 0) is 4.74 Å². The van der Waals surface area contributed by atoms with Gasteiger partial charge in [0.15, 0.2) is 17.5 Å². The first kappa shape index (κ1) is 23.6. The summed E-state index contributed by atoms with van der Waals surface area (Å²) in [5.74, 6) is 0.879. The third kappa shape index (κ3) is 4.60. The number of anilines is 2. The topological polar surface area (TPSA) is 119 Å². The SMILES string of the molecule is CCOC(=O)c1cnc(-c2cccc(C)c2)nc1Nc1c(C#N)cnn1-c1cc(C)c2ccccc2n1. The number of carbonyl (C=O) groups excluding carboxylic acids is 1. The Labute approximate surface area is 213 Å². The molecule has 37 heavy (non-hydrogen) atoms. The number of fused-ring (bicyclic) bond motifs is 1. The number of aryl methyl sites for hydroxylation is 2. The van der Waals surface area contributed by atoms with Gasteiger partial charge in [0.1, 0.15) is 23.0 Å². The van der Waals surface area contributed by atoms with Crippen molar-refractivity contribution < 1.29 is 9.53 Å². The molecule has 5 aromatic rings. The van der Waals surface area contributed by atoms with E-state index in [1.165, 1.54) is 17.1 Å². The van der Waals surface area contributed by atoms with Crippen LogP contribution in [0.3, 0.4) is 0 Å². The second kappa shape index (κ2) is 9.87. The Hall–Kier alpha value is -5.10. The van der Waals surface area contributed by atoms with Crippen molar-refractivity contribution in [3.8, 4) is 23.3 Å². The second-order valence-corrected chi connectivity index (χ2v) is 8.42. The van der Waals surface area contributed by atoms with Gasteiger partial charge in [0.2, 0.25) is 0 Å². The Bertz CT molecular complexity index is 1680. The molecule has 0 fully saturated rings. The smallest absolute Gasteiger partial charge is 0.343 e. The maximum atomic E-state index is 12.8. The predicted molar refractivity (Wildman–Crippen MR) is 140 cm³/mol. The summed E-state index contributed by atoms with van der Waals surface area (Å²) in [7, 11) is 0. The molecule has 0 aliphatic heterocycles. The Morgan fingerprint density at radius 1 is 1.08 bits per heavy atom. The van der Waals surface area contributed by atoms with Crippen molar-refractivity contribution in [2.24, 2.45) is 0 Å². The summed E-state index contributed by atoms with van der Waals surface area (Å²) in [6.07, 6.45) is 2.87. The number of ether oxygens (including phenoxy) is 1. The van der Waals surface area contributed by atoms with Gasteiger partial charge in [-0.1, -0.05) is 42.0 Å². The van der Waals surface area contributed by atoms with E-state index < -0.39 is 5.97 Å². The number of nitrogens with zero attached hydrogens (tertiary/aromatic N) is 6. The third-order valence-electron chi connectivity index (χ3n) is 5.81. The molecule has 0 radical (unpaired) electrons. The van der Waals surface area contributed by atoms with Crippen LogP contribution in [0.5, 0.6) is 0 Å². The fraction of sp³-hybridized carbons (Fsp3) is 0.143. The molecule has 0 saturated heterocycles. The molecular formula is C28H23N7O2. The Morgan fingerprint density at radius 3 is 2.70 bits per heavy atom. The number of nitrogens with one attached hydrogen (secondary N) is 1. The zero-order valence-corrected chi connectivity index (χ0v) is 20.6. The van der Waals surface area contributed by atoms with Crippen LogP contribution in [0.25, 0.3) is 28.1 Å². The lowest BCUT2D eigenvalue weighted by Gasteiger charge is -2.14. The zero-order chi connectivity index (χ0) is 25.9. The molecular weight excluding hydrogens is 466 g/mol. The minimum atomic E-state index is -0.579. The largest absolute Gasteiger partial charge is 0.462 e. The molecule has 0 spiro atoms. The minimum absolute atomic E-state index is 0.137. The summed E-state index contributed by atoms with van der Waals surface area (Å²) >= 11 is 0. The van der Waals surface area contributed by atoms with E-state index in [1.54, 1.807) is 6.92 Å². The van der Waals surface area contributed by atoms with Crippen molar-refractivity contribution >= 4 is 28.5 Å². The van der Waals surface area contributed by atoms with Gasteiger partial charge in [0, 0.05) is 17.1 Å². The lowest BCUT2D eigenvalue weighted by atomic mass is 10.1. The number of pyridine rings is 1. The van der Waals surface area contributed by atoms with Crippen LogP contribution in [0, 0.1) is 25.2 Å². The van der Waals surface area contributed by atoms with Crippen molar-refractivity contribution in [3.05, 3.63) is 89.2 Å². The average molecular weight is 490 g/mol. The van der Waals surface area contributed by atoms with Gasteiger partial charge in [0.25, 0.3) is 0 Å². The van der Waals surface area contributed by atoms with Crippen LogP contribution in [0.15, 0.2) is 67.0 Å². The number of hydrogen-bond acceptors (Lipinski definition) is 8. The molecule has 0 aliphatic carbocycles. The van der Waals surface area contributed by atoms with Crippen LogP contribution >= 0.6 is 0 Å². The summed E-state index contributed by atoms with van der Waals surface area (Å²) in [6, 6.07) is 19.6. The molecule has 0 bridgehead atoms. The fourth-order valence-electron chi connectivity index (χ4n) is 4.04. The molecule has 3 aromatic heterocycles. The summed E-state index contributed by atoms with van der Waals surface area (Å²) in [6.45, 7) is 5.89. The highest BCUT2D eigenvalue weighted by Gasteiger charge is 2.21. The van der Waals surface area contributed by atoms with Gasteiger partial charge in [-0.15, -0.1) is 0 Å². The van der Waals surface area contributed by atoms with E-state index >= 15 is 0 Å². The monoisotopic (exact) mass is 489 g/mol. The molecule has 9 heteroatoms. The normalized spacial score (nSPS) is 10.8. The molecule has 0 unspecified atom stereocenters. The van der Waals surface area contributed by atoms with Crippen molar-refractivity contribution in [2.75, 3.05) is 11.9 Å². The summed E-state index contributed by atoms with van der Waals surface area (Å²) in [5, 5.41) is 18.4. The van der Waals surface area contributed by atoms with E-state index in [1.807, 2.05) is 68.4 Å². The Morgan fingerprint density at radius 2 is 1.92 bits per heavy atom. The standard InChI is InChI=1S/C28H23N7O2/c1-4-37-28(36)22-16-30-25(19-9-7-8-17(2)12-19)33-26(22)34-27-20(14-29)15-31-35(27)24-13-18(3)21-10-5-6-11-23(21)32-24/h5-13,15-16H,4H2,1-3H3,(H,30,33,34). The van der Waals surface area contributed by atoms with Crippen LogP contribution in [0.1, 0.15) is 34.0 Å². The van der Waals surface area contributed by atoms with E-state index in [4.69, 9.17) is 9.72 Å². The maximum Gasteiger partial charge on any atom is 0.343 e. The van der Waals surface area contributed by atoms with Crippen molar-refractivity contribution in [1.82, 2.24) is 24.7 Å². The molecule has 5 rings (SSSR count). The molecule has 1 N–H and O–H groups in total. The average Bonchev–Trinajstić information content (AvgIpc) is 3.31. The number of carbonyl (C=O) groups is 1. The predicted octanol–water partition coefficient (Wildman–Crippen LogP) is 5.29. The van der Waals surface area contributed by atoms with Gasteiger partial charge < -0.3 is 10.1 Å². The summed E-state index contributed by atoms with van der Waals surface area (Å²) in [4.78, 5) is 26.5. The lowest BCUT2D eigenvalue weighted by Crippen LogP contribution is -2.13. The van der Waals surface area contributed by atoms with Gasteiger partial charge >= 0.3 is 5.97 Å². The van der Waals surface area contributed by atoms with E-state index in [0.717, 1.165) is 27.6 Å². The minimum Gasteiger partial charge on any atom is -0.462 e. The van der Waals surface area contributed by atoms with Gasteiger partial charge in [0.05, 0.1) is 18.3 Å². The van der Waals surface area contributed by atoms with Crippen molar-refractivity contribution in [3.63, 3.8) is 0 Å². The number of rotatable bonds is 6. The van der Waals surface area contributed by atoms with Crippen LogP contribution in [0.2, 0.25) is 0 Å². The third-order valence-corrected chi connectivity index (χ3v) is 5.81. The van der Waals surface area contributed by atoms with E-state index in [-0.39, 0.29) is 23.6 Å². The highest BCUT2D eigenvalue weighted by Crippen LogP contribution is 2.28. The van der Waals surface area contributed by atoms with Gasteiger partial charge in [-0.3, -0.25) is 0 Å². The van der Waals surface area contributed by atoms with Crippen LogP contribution < -0.4 is 5.32 Å². The molecule has 182 valence electrons. The number of nitriles is 1. The molecule has 0 atom stereocenters. The molecule has 0 aliphatic rings. The second-order valence-electron chi connectivity index (χ2n) is 8.42. The molecule has 0 saturated carbocycles. The fourth-order valence-corrected chi connectivity index (χ4v) is 4.04. The molecule has 9 nitrogen and oxygen atoms in total. The molecule has 3 heterocycles. The molecule has 2 aromatic carbocycles. The highest BCUT2D eigenvalue weighted by atomic mass is 16.5. The van der Waals surface area contributed by atoms with E-state index in [0.29, 0.717) is 17.5 Å². The Balaban J connectivity index is 1.65. The first-order valence-electron chi connectivity index (χ1n) is 11.7. The molecule has 0 amide bonds. The number of benzene rings is 2. The quantitative estimate of drug-likeness (QED) is 0.320. The summed E-state index contributed by atoms with van der Waals surface area (Å²) < 4.78 is 6.76. The van der Waals surface area contributed by atoms with E-state index in [9.17, 15) is 10.1 Å². The zero-order valence-electron chi connectivity index (χ0n) is 20.6. The van der Waals surface area contributed by atoms with Gasteiger partial charge in [-0.25, -0.2) is 19.7 Å². The number of hydrogen-bond donors (Lipinski definition) is 1. The van der Waals surface area contributed by atoms with Crippen LogP contribution in [0.4, 0.5) is 11.6 Å². The summed E-state index contributed by atoms with van der Waals surface area (Å²) in [5.41, 5.74) is 4.05. The van der Waals surface area contributed by atoms with E-state index in [2.05, 4.69) is 26.5 Å². The van der Waals surface area contributed by atoms with Crippen molar-refractivity contribution in [1.29, 1.82) is 5.26 Å². The van der Waals surface area contributed by atoms with Crippen molar-refractivity contribution in [2.45, 2.75) is 20.8 Å². The lowest BCUT2D eigenvalue weighted by molar-refractivity contribution is 0.0526.